The Kier molecular flexibility index (Phi) is 6.86. The van der Waals surface area contributed by atoms with E-state index in [0.717, 1.165) is 49.1 Å². The van der Waals surface area contributed by atoms with Crippen molar-refractivity contribution in [2.75, 3.05) is 48.3 Å². The monoisotopic (exact) mass is 389 g/mol. The molecule has 0 saturated carbocycles. The lowest BCUT2D eigenvalue weighted by molar-refractivity contribution is -0.118. The zero-order valence-corrected chi connectivity index (χ0v) is 16.2. The van der Waals surface area contributed by atoms with Crippen molar-refractivity contribution in [2.45, 2.75) is 18.4 Å². The van der Waals surface area contributed by atoms with Gasteiger partial charge >= 0.3 is 0 Å². The Morgan fingerprint density at radius 2 is 1.85 bits per heavy atom. The van der Waals surface area contributed by atoms with Crippen LogP contribution in [0.3, 0.4) is 0 Å². The minimum atomic E-state index is -0.216. The lowest BCUT2D eigenvalue weighted by Crippen LogP contribution is -2.46. The molecule has 0 radical (unpaired) electrons. The Morgan fingerprint density at radius 1 is 1.15 bits per heavy atom. The lowest BCUT2D eigenvalue weighted by Gasteiger charge is -2.36. The highest BCUT2D eigenvalue weighted by Gasteiger charge is 2.19. The molecule has 1 fully saturated rings. The van der Waals surface area contributed by atoms with Crippen LogP contribution in [-0.2, 0) is 4.79 Å². The van der Waals surface area contributed by atoms with Crippen LogP contribution in [0.15, 0.2) is 41.7 Å². The van der Waals surface area contributed by atoms with Crippen LogP contribution < -0.4 is 15.1 Å². The third kappa shape index (κ3) is 5.56. The van der Waals surface area contributed by atoms with Crippen molar-refractivity contribution in [3.8, 4) is 0 Å². The first kappa shape index (κ1) is 19.4. The number of hydrogen-bond donors (Lipinski definition) is 1. The summed E-state index contributed by atoms with van der Waals surface area (Å²) in [6.45, 7) is 6.08. The number of piperazine rings is 1. The molecule has 144 valence electrons. The topological polar surface area (TPSA) is 61.4 Å². The van der Waals surface area contributed by atoms with E-state index in [1.165, 1.54) is 23.9 Å². The zero-order chi connectivity index (χ0) is 19.1. The van der Waals surface area contributed by atoms with Gasteiger partial charge in [0.25, 0.3) is 0 Å². The van der Waals surface area contributed by atoms with Gasteiger partial charge in [-0.3, -0.25) is 4.79 Å². The fraction of sp³-hybridized carbons (Fsp3) is 0.421. The number of nitrogens with zero attached hydrogens (tertiary/aromatic N) is 4. The average molecular weight is 390 g/mol. The minimum Gasteiger partial charge on any atom is -0.368 e. The van der Waals surface area contributed by atoms with Crippen LogP contribution in [-0.4, -0.2) is 54.4 Å². The Bertz CT molecular complexity index is 750. The highest BCUT2D eigenvalue weighted by atomic mass is 32.2. The molecule has 0 atom stereocenters. The fourth-order valence-electron chi connectivity index (χ4n) is 2.88. The highest BCUT2D eigenvalue weighted by Crippen LogP contribution is 2.22. The van der Waals surface area contributed by atoms with E-state index in [2.05, 4.69) is 25.1 Å². The molecule has 6 nitrogen and oxygen atoms in total. The highest BCUT2D eigenvalue weighted by molar-refractivity contribution is 7.99. The Labute approximate surface area is 163 Å². The van der Waals surface area contributed by atoms with E-state index in [9.17, 15) is 9.18 Å². The molecule has 1 N–H and O–H groups in total. The summed E-state index contributed by atoms with van der Waals surface area (Å²) >= 11 is 1.42. The first-order valence-corrected chi connectivity index (χ1v) is 10.1. The van der Waals surface area contributed by atoms with Crippen LogP contribution in [0.5, 0.6) is 0 Å². The summed E-state index contributed by atoms with van der Waals surface area (Å²) in [5.74, 6) is 1.04. The largest absolute Gasteiger partial charge is 0.368 e. The van der Waals surface area contributed by atoms with Crippen LogP contribution in [0.4, 0.5) is 15.9 Å². The van der Waals surface area contributed by atoms with Gasteiger partial charge in [-0.1, -0.05) is 18.7 Å². The molecule has 1 aliphatic heterocycles. The molecule has 2 heterocycles. The van der Waals surface area contributed by atoms with Crippen molar-refractivity contribution in [3.63, 3.8) is 0 Å². The second-order valence-electron chi connectivity index (χ2n) is 6.30. The molecule has 1 amide bonds. The van der Waals surface area contributed by atoms with E-state index in [0.29, 0.717) is 12.3 Å². The molecule has 1 aliphatic rings. The molecule has 27 heavy (non-hydrogen) atoms. The van der Waals surface area contributed by atoms with Crippen LogP contribution >= 0.6 is 11.8 Å². The minimum absolute atomic E-state index is 0.0231. The molecule has 3 rings (SSSR count). The van der Waals surface area contributed by atoms with Crippen molar-refractivity contribution >= 4 is 29.2 Å². The summed E-state index contributed by atoms with van der Waals surface area (Å²) in [6.07, 6.45) is 2.48. The summed E-state index contributed by atoms with van der Waals surface area (Å²) in [7, 11) is 0. The summed E-state index contributed by atoms with van der Waals surface area (Å²) in [5.41, 5.74) is 1.04. The molecule has 0 aliphatic carbocycles. The first-order chi connectivity index (χ1) is 13.2. The smallest absolute Gasteiger partial charge is 0.230 e. The maximum atomic E-state index is 13.1. The van der Waals surface area contributed by atoms with E-state index in [1.54, 1.807) is 6.33 Å². The van der Waals surface area contributed by atoms with E-state index < -0.39 is 0 Å². The summed E-state index contributed by atoms with van der Waals surface area (Å²) in [6, 6.07) is 8.55. The van der Waals surface area contributed by atoms with E-state index in [1.807, 2.05) is 25.1 Å². The quantitative estimate of drug-likeness (QED) is 0.580. The number of amides is 1. The van der Waals surface area contributed by atoms with E-state index in [-0.39, 0.29) is 11.7 Å². The maximum Gasteiger partial charge on any atom is 0.230 e. The van der Waals surface area contributed by atoms with Crippen molar-refractivity contribution in [3.05, 3.63) is 42.5 Å². The molecule has 0 unspecified atom stereocenters. The van der Waals surface area contributed by atoms with Gasteiger partial charge in [-0.25, -0.2) is 14.4 Å². The van der Waals surface area contributed by atoms with Crippen LogP contribution in [0.2, 0.25) is 0 Å². The Morgan fingerprint density at radius 3 is 2.56 bits per heavy atom. The summed E-state index contributed by atoms with van der Waals surface area (Å²) in [4.78, 5) is 24.8. The number of nitrogens with one attached hydrogen (secondary N) is 1. The normalized spacial score (nSPS) is 14.3. The van der Waals surface area contributed by atoms with Crippen LogP contribution in [0, 0.1) is 5.82 Å². The van der Waals surface area contributed by atoms with Crippen molar-refractivity contribution in [1.29, 1.82) is 0 Å². The summed E-state index contributed by atoms with van der Waals surface area (Å²) < 4.78 is 13.1. The van der Waals surface area contributed by atoms with Gasteiger partial charge in [0.1, 0.15) is 23.0 Å². The molecular formula is C19H24FN5OS. The van der Waals surface area contributed by atoms with Gasteiger partial charge in [0, 0.05) is 44.5 Å². The number of halogens is 1. The second-order valence-corrected chi connectivity index (χ2v) is 7.30. The summed E-state index contributed by atoms with van der Waals surface area (Å²) in [5, 5.41) is 3.66. The number of hydrogen-bond acceptors (Lipinski definition) is 6. The van der Waals surface area contributed by atoms with Gasteiger partial charge in [0.15, 0.2) is 0 Å². The average Bonchev–Trinajstić information content (AvgIpc) is 2.71. The predicted octanol–water partition coefficient (Wildman–Crippen LogP) is 2.56. The molecule has 1 aromatic heterocycles. The molecule has 0 spiro atoms. The fourth-order valence-corrected chi connectivity index (χ4v) is 3.57. The van der Waals surface area contributed by atoms with Crippen molar-refractivity contribution < 1.29 is 9.18 Å². The lowest BCUT2D eigenvalue weighted by atomic mass is 10.2. The molecular weight excluding hydrogens is 365 g/mol. The van der Waals surface area contributed by atoms with E-state index in [4.69, 9.17) is 0 Å². The van der Waals surface area contributed by atoms with Gasteiger partial charge in [0.2, 0.25) is 5.91 Å². The number of rotatable bonds is 7. The van der Waals surface area contributed by atoms with Crippen molar-refractivity contribution in [1.82, 2.24) is 15.3 Å². The molecule has 2 aromatic rings. The zero-order valence-electron chi connectivity index (χ0n) is 15.4. The third-order valence-corrected chi connectivity index (χ3v) is 5.27. The number of thioether (sulfide) groups is 1. The van der Waals surface area contributed by atoms with Gasteiger partial charge < -0.3 is 15.1 Å². The molecule has 8 heteroatoms. The van der Waals surface area contributed by atoms with Gasteiger partial charge in [-0.2, -0.15) is 0 Å². The van der Waals surface area contributed by atoms with Gasteiger partial charge in [0.05, 0.1) is 5.75 Å². The standard InChI is InChI=1S/C19H24FN5OS/c1-2-7-21-18(26)13-27-19-12-17(22-14-23-19)25-10-8-24(9-11-25)16-5-3-15(20)4-6-16/h3-6,12,14H,2,7-11,13H2,1H3,(H,21,26). The molecule has 1 aromatic carbocycles. The number of benzene rings is 1. The first-order valence-electron chi connectivity index (χ1n) is 9.12. The SMILES string of the molecule is CCCNC(=O)CSc1cc(N2CCN(c3ccc(F)cc3)CC2)ncn1. The number of anilines is 2. The van der Waals surface area contributed by atoms with Crippen LogP contribution in [0.25, 0.3) is 0 Å². The number of carbonyl (C=O) groups is 1. The molecule has 0 bridgehead atoms. The Hall–Kier alpha value is -2.35. The van der Waals surface area contributed by atoms with E-state index >= 15 is 0 Å². The van der Waals surface area contributed by atoms with Crippen molar-refractivity contribution in [2.24, 2.45) is 0 Å². The third-order valence-electron chi connectivity index (χ3n) is 4.35. The predicted molar refractivity (Wildman–Crippen MR) is 107 cm³/mol. The number of carbonyl (C=O) groups excluding carboxylic acids is 1. The maximum absolute atomic E-state index is 13.1. The van der Waals surface area contributed by atoms with Gasteiger partial charge in [-0.05, 0) is 30.7 Å². The number of aromatic nitrogens is 2. The van der Waals surface area contributed by atoms with Crippen LogP contribution in [0.1, 0.15) is 13.3 Å². The second kappa shape index (κ2) is 9.55. The molecule has 1 saturated heterocycles. The van der Waals surface area contributed by atoms with Gasteiger partial charge in [-0.15, -0.1) is 0 Å². The Balaban J connectivity index is 1.53.